The summed E-state index contributed by atoms with van der Waals surface area (Å²) in [6.07, 6.45) is 0. The van der Waals surface area contributed by atoms with Gasteiger partial charge in [-0.25, -0.2) is 0 Å². The number of anilines is 3. The molecule has 3 heteroatoms. The first-order chi connectivity index (χ1) is 26.3. The molecule has 0 saturated heterocycles. The number of fused-ring (bicyclic) bond motifs is 9. The van der Waals surface area contributed by atoms with Gasteiger partial charge >= 0.3 is 0 Å². The van der Waals surface area contributed by atoms with Crippen LogP contribution in [-0.2, 0) is 0 Å². The fourth-order valence-corrected chi connectivity index (χ4v) is 9.62. The average Bonchev–Trinajstić information content (AvgIpc) is 3.81. The molecule has 0 N–H and O–H groups in total. The standard InChI is InChI=1S/C50H31NOS/c1-3-17-33(18-4-1)51(34-19-5-2-6-20-34)44-28-14-29-45-48(44)43-31-42(37-22-9-10-23-39(37)49(43)52-45)40-26-12-27-41-47-38(25-13-30-46(47)53-50(40)41)36-24-11-16-32-15-7-8-21-35(32)36/h1-31H. The van der Waals surface area contributed by atoms with Gasteiger partial charge in [0.25, 0.3) is 0 Å². The van der Waals surface area contributed by atoms with Crippen LogP contribution in [0, 0.1) is 0 Å². The van der Waals surface area contributed by atoms with Crippen molar-refractivity contribution in [1.82, 2.24) is 0 Å². The summed E-state index contributed by atoms with van der Waals surface area (Å²) in [6.45, 7) is 0. The van der Waals surface area contributed by atoms with Crippen LogP contribution >= 0.6 is 11.3 Å². The molecule has 2 aromatic heterocycles. The summed E-state index contributed by atoms with van der Waals surface area (Å²) < 4.78 is 9.42. The molecule has 0 atom stereocenters. The monoisotopic (exact) mass is 693 g/mol. The van der Waals surface area contributed by atoms with E-state index in [0.29, 0.717) is 0 Å². The van der Waals surface area contributed by atoms with Crippen molar-refractivity contribution in [1.29, 1.82) is 0 Å². The number of hydrogen-bond acceptors (Lipinski definition) is 3. The number of rotatable bonds is 5. The van der Waals surface area contributed by atoms with E-state index in [1.165, 1.54) is 58.6 Å². The van der Waals surface area contributed by atoms with E-state index in [2.05, 4.69) is 193 Å². The summed E-state index contributed by atoms with van der Waals surface area (Å²) in [6, 6.07) is 67.7. The Morgan fingerprint density at radius 1 is 0.396 bits per heavy atom. The van der Waals surface area contributed by atoms with E-state index in [-0.39, 0.29) is 0 Å². The molecule has 2 heterocycles. The number of nitrogens with zero attached hydrogens (tertiary/aromatic N) is 1. The molecule has 0 radical (unpaired) electrons. The third-order valence-corrected chi connectivity index (χ3v) is 11.8. The van der Waals surface area contributed by atoms with E-state index in [1.54, 1.807) is 0 Å². The normalized spacial score (nSPS) is 11.8. The predicted molar refractivity (Wildman–Crippen MR) is 227 cm³/mol. The number of thiophene rings is 1. The van der Waals surface area contributed by atoms with Crippen molar-refractivity contribution >= 4 is 92.1 Å². The zero-order valence-corrected chi connectivity index (χ0v) is 29.5. The third kappa shape index (κ3) is 4.64. The van der Waals surface area contributed by atoms with Crippen LogP contribution in [0.4, 0.5) is 17.1 Å². The molecule has 0 fully saturated rings. The minimum Gasteiger partial charge on any atom is -0.455 e. The van der Waals surface area contributed by atoms with E-state index in [4.69, 9.17) is 4.42 Å². The molecular formula is C50H31NOS. The van der Waals surface area contributed by atoms with Gasteiger partial charge in [-0.2, -0.15) is 0 Å². The topological polar surface area (TPSA) is 16.4 Å². The van der Waals surface area contributed by atoms with Gasteiger partial charge in [0.15, 0.2) is 0 Å². The summed E-state index contributed by atoms with van der Waals surface area (Å²) in [4.78, 5) is 2.34. The first-order valence-corrected chi connectivity index (χ1v) is 18.8. The Morgan fingerprint density at radius 2 is 1.00 bits per heavy atom. The third-order valence-electron chi connectivity index (χ3n) is 10.6. The van der Waals surface area contributed by atoms with Crippen molar-refractivity contribution in [3.8, 4) is 22.3 Å². The second kappa shape index (κ2) is 11.9. The first kappa shape index (κ1) is 30.0. The molecule has 0 spiro atoms. The molecular weight excluding hydrogens is 663 g/mol. The second-order valence-electron chi connectivity index (χ2n) is 13.6. The smallest absolute Gasteiger partial charge is 0.143 e. The fraction of sp³-hybridized carbons (Fsp3) is 0. The molecule has 2 nitrogen and oxygen atoms in total. The van der Waals surface area contributed by atoms with Gasteiger partial charge in [-0.05, 0) is 81.4 Å². The highest BCUT2D eigenvalue weighted by Crippen LogP contribution is 2.49. The minimum absolute atomic E-state index is 0.872. The lowest BCUT2D eigenvalue weighted by Crippen LogP contribution is -2.09. The van der Waals surface area contributed by atoms with E-state index in [0.717, 1.165) is 44.4 Å². The van der Waals surface area contributed by atoms with Crippen LogP contribution < -0.4 is 4.90 Å². The lowest BCUT2D eigenvalue weighted by atomic mass is 9.92. The SMILES string of the molecule is c1ccc(N(c2ccccc2)c2cccc3oc4c5ccccc5c(-c5cccc6c5sc5cccc(-c7cccc8ccccc78)c56)cc4c23)cc1. The summed E-state index contributed by atoms with van der Waals surface area (Å²) >= 11 is 1.89. The first-order valence-electron chi connectivity index (χ1n) is 18.0. The fourth-order valence-electron chi connectivity index (χ4n) is 8.36. The summed E-state index contributed by atoms with van der Waals surface area (Å²) in [5, 5.41) is 9.63. The number of benzene rings is 9. The van der Waals surface area contributed by atoms with Crippen LogP contribution in [0.15, 0.2) is 192 Å². The lowest BCUT2D eigenvalue weighted by molar-refractivity contribution is 0.672. The summed E-state index contributed by atoms with van der Waals surface area (Å²) in [7, 11) is 0. The van der Waals surface area contributed by atoms with Crippen molar-refractivity contribution < 1.29 is 4.42 Å². The Balaban J connectivity index is 1.20. The van der Waals surface area contributed by atoms with Gasteiger partial charge in [-0.15, -0.1) is 11.3 Å². The van der Waals surface area contributed by atoms with Crippen molar-refractivity contribution in [3.05, 3.63) is 188 Å². The molecule has 0 amide bonds. The summed E-state index contributed by atoms with van der Waals surface area (Å²) in [5.74, 6) is 0. The van der Waals surface area contributed by atoms with Gasteiger partial charge in [0.2, 0.25) is 0 Å². The van der Waals surface area contributed by atoms with Gasteiger partial charge in [0, 0.05) is 47.9 Å². The average molecular weight is 694 g/mol. The molecule has 0 aliphatic carbocycles. The van der Waals surface area contributed by atoms with Gasteiger partial charge in [0.05, 0.1) is 11.1 Å². The molecule has 11 aromatic rings. The van der Waals surface area contributed by atoms with Crippen LogP contribution in [0.5, 0.6) is 0 Å². The molecule has 0 aliphatic heterocycles. The van der Waals surface area contributed by atoms with Crippen LogP contribution in [0.25, 0.3) is 85.9 Å². The molecule has 0 saturated carbocycles. The van der Waals surface area contributed by atoms with Crippen LogP contribution in [-0.4, -0.2) is 0 Å². The van der Waals surface area contributed by atoms with E-state index in [1.807, 2.05) is 11.3 Å². The number of furan rings is 1. The quantitative estimate of drug-likeness (QED) is 0.178. The highest BCUT2D eigenvalue weighted by molar-refractivity contribution is 7.26. The maximum absolute atomic E-state index is 6.83. The number of para-hydroxylation sites is 2. The van der Waals surface area contributed by atoms with Gasteiger partial charge in [-0.3, -0.25) is 0 Å². The maximum atomic E-state index is 6.83. The van der Waals surface area contributed by atoms with Crippen molar-refractivity contribution in [2.75, 3.05) is 4.90 Å². The number of hydrogen-bond donors (Lipinski definition) is 0. The summed E-state index contributed by atoms with van der Waals surface area (Å²) in [5.41, 5.74) is 10.0. The zero-order valence-electron chi connectivity index (χ0n) is 28.7. The Kier molecular flexibility index (Phi) is 6.76. The van der Waals surface area contributed by atoms with Crippen molar-refractivity contribution in [3.63, 3.8) is 0 Å². The molecule has 11 rings (SSSR count). The Labute approximate surface area is 310 Å². The molecule has 248 valence electrons. The minimum atomic E-state index is 0.872. The maximum Gasteiger partial charge on any atom is 0.143 e. The Hall–Kier alpha value is -6.68. The Bertz CT molecular complexity index is 3130. The predicted octanol–water partition coefficient (Wildman–Crippen LogP) is 15.1. The molecule has 0 bridgehead atoms. The highest BCUT2D eigenvalue weighted by atomic mass is 32.1. The Morgan fingerprint density at radius 3 is 1.81 bits per heavy atom. The molecule has 0 unspecified atom stereocenters. The van der Waals surface area contributed by atoms with Crippen molar-refractivity contribution in [2.24, 2.45) is 0 Å². The lowest BCUT2D eigenvalue weighted by Gasteiger charge is -2.26. The van der Waals surface area contributed by atoms with E-state index < -0.39 is 0 Å². The molecule has 9 aromatic carbocycles. The van der Waals surface area contributed by atoms with Crippen LogP contribution in [0.1, 0.15) is 0 Å². The highest BCUT2D eigenvalue weighted by Gasteiger charge is 2.23. The second-order valence-corrected chi connectivity index (χ2v) is 14.6. The zero-order chi connectivity index (χ0) is 34.9. The van der Waals surface area contributed by atoms with Crippen LogP contribution in [0.3, 0.4) is 0 Å². The van der Waals surface area contributed by atoms with E-state index in [9.17, 15) is 0 Å². The van der Waals surface area contributed by atoms with Gasteiger partial charge in [-0.1, -0.05) is 140 Å². The van der Waals surface area contributed by atoms with E-state index >= 15 is 0 Å². The van der Waals surface area contributed by atoms with Gasteiger partial charge in [0.1, 0.15) is 11.2 Å². The molecule has 53 heavy (non-hydrogen) atoms. The van der Waals surface area contributed by atoms with Crippen molar-refractivity contribution in [2.45, 2.75) is 0 Å². The van der Waals surface area contributed by atoms with Crippen LogP contribution in [0.2, 0.25) is 0 Å². The largest absolute Gasteiger partial charge is 0.455 e. The van der Waals surface area contributed by atoms with Gasteiger partial charge < -0.3 is 9.32 Å². The molecule has 0 aliphatic rings.